The number of halogens is 1. The molecule has 0 amide bonds. The fraction of sp³-hybridized carbons (Fsp3) is 0.286. The molecule has 0 bridgehead atoms. The minimum absolute atomic E-state index is 0.139. The first-order valence-electron chi connectivity index (χ1n) is 8.81. The highest BCUT2D eigenvalue weighted by atomic mass is 35.5. The molecule has 1 N–H and O–H groups in total. The highest BCUT2D eigenvalue weighted by Crippen LogP contribution is 2.33. The Kier molecular flexibility index (Phi) is 5.30. The second kappa shape index (κ2) is 7.53. The molecule has 1 aromatic heterocycles. The SMILES string of the molecule is CNc1nn(C(=O)OCC(C)(C)C)c2ccc(-c3cc(C#N)ccc3Cl)cc12. The second-order valence-electron chi connectivity index (χ2n) is 7.66. The van der Waals surface area contributed by atoms with Crippen LogP contribution in [0.4, 0.5) is 10.6 Å². The van der Waals surface area contributed by atoms with E-state index in [1.807, 2.05) is 32.9 Å². The Bertz CT molecular complexity index is 1090. The summed E-state index contributed by atoms with van der Waals surface area (Å²) in [6, 6.07) is 12.8. The summed E-state index contributed by atoms with van der Waals surface area (Å²) < 4.78 is 6.65. The van der Waals surface area contributed by atoms with Gasteiger partial charge in [0.05, 0.1) is 23.8 Å². The predicted octanol–water partition coefficient (Wildman–Crippen LogP) is 5.30. The van der Waals surface area contributed by atoms with Crippen molar-refractivity contribution >= 4 is 34.4 Å². The van der Waals surface area contributed by atoms with Crippen LogP contribution in [-0.4, -0.2) is 29.5 Å². The Morgan fingerprint density at radius 3 is 2.68 bits per heavy atom. The van der Waals surface area contributed by atoms with Crippen LogP contribution in [0.3, 0.4) is 0 Å². The van der Waals surface area contributed by atoms with Gasteiger partial charge in [0.15, 0.2) is 5.82 Å². The zero-order chi connectivity index (χ0) is 20.5. The summed E-state index contributed by atoms with van der Waals surface area (Å²) in [5, 5.41) is 17.8. The number of rotatable bonds is 3. The molecule has 28 heavy (non-hydrogen) atoms. The largest absolute Gasteiger partial charge is 0.447 e. The maximum absolute atomic E-state index is 12.5. The third-order valence-corrected chi connectivity index (χ3v) is 4.45. The van der Waals surface area contributed by atoms with Crippen LogP contribution in [0.5, 0.6) is 0 Å². The van der Waals surface area contributed by atoms with Gasteiger partial charge in [0.2, 0.25) is 0 Å². The number of hydrogen-bond donors (Lipinski definition) is 1. The van der Waals surface area contributed by atoms with E-state index in [-0.39, 0.29) is 12.0 Å². The number of nitrogens with zero attached hydrogens (tertiary/aromatic N) is 3. The molecule has 7 heteroatoms. The van der Waals surface area contributed by atoms with E-state index in [1.54, 1.807) is 31.3 Å². The first-order valence-corrected chi connectivity index (χ1v) is 9.19. The summed E-state index contributed by atoms with van der Waals surface area (Å²) in [4.78, 5) is 12.5. The van der Waals surface area contributed by atoms with Crippen molar-refractivity contribution in [1.29, 1.82) is 5.26 Å². The fourth-order valence-corrected chi connectivity index (χ4v) is 2.99. The number of benzene rings is 2. The number of anilines is 1. The molecule has 0 radical (unpaired) electrons. The van der Waals surface area contributed by atoms with Crippen LogP contribution in [-0.2, 0) is 4.74 Å². The minimum atomic E-state index is -0.529. The molecule has 144 valence electrons. The summed E-state index contributed by atoms with van der Waals surface area (Å²) in [5.41, 5.74) is 2.58. The molecule has 6 nitrogen and oxygen atoms in total. The zero-order valence-corrected chi connectivity index (χ0v) is 17.0. The maximum Gasteiger partial charge on any atom is 0.435 e. The molecule has 0 fully saturated rings. The average molecular weight is 397 g/mol. The zero-order valence-electron chi connectivity index (χ0n) is 16.2. The van der Waals surface area contributed by atoms with Gasteiger partial charge in [-0.3, -0.25) is 0 Å². The summed E-state index contributed by atoms with van der Waals surface area (Å²) >= 11 is 6.33. The van der Waals surface area contributed by atoms with Crippen molar-refractivity contribution in [2.45, 2.75) is 20.8 Å². The van der Waals surface area contributed by atoms with Crippen LogP contribution >= 0.6 is 11.6 Å². The Labute approximate surface area is 168 Å². The summed E-state index contributed by atoms with van der Waals surface area (Å²) in [6.07, 6.45) is -0.529. The van der Waals surface area contributed by atoms with Crippen molar-refractivity contribution in [1.82, 2.24) is 9.78 Å². The number of carbonyl (C=O) groups is 1. The molecule has 0 aliphatic carbocycles. The maximum atomic E-state index is 12.5. The number of carbonyl (C=O) groups excluding carboxylic acids is 1. The molecule has 1 heterocycles. The number of nitriles is 1. The molecule has 3 aromatic rings. The Morgan fingerprint density at radius 1 is 1.29 bits per heavy atom. The van der Waals surface area contributed by atoms with Crippen molar-refractivity contribution < 1.29 is 9.53 Å². The number of aromatic nitrogens is 2. The third kappa shape index (κ3) is 3.95. The molecule has 0 spiro atoms. The molecule has 0 aliphatic heterocycles. The number of fused-ring (bicyclic) bond motifs is 1. The monoisotopic (exact) mass is 396 g/mol. The molecular formula is C21H21ClN4O2. The van der Waals surface area contributed by atoms with E-state index in [2.05, 4.69) is 16.5 Å². The lowest BCUT2D eigenvalue weighted by Crippen LogP contribution is -2.22. The quantitative estimate of drug-likeness (QED) is 0.649. The van der Waals surface area contributed by atoms with Crippen molar-refractivity contribution in [3.05, 3.63) is 47.0 Å². The van der Waals surface area contributed by atoms with Crippen LogP contribution < -0.4 is 5.32 Å². The van der Waals surface area contributed by atoms with Gasteiger partial charge in [0.25, 0.3) is 0 Å². The lowest BCUT2D eigenvalue weighted by Gasteiger charge is -2.17. The minimum Gasteiger partial charge on any atom is -0.447 e. The van der Waals surface area contributed by atoms with Crippen molar-refractivity contribution in [3.63, 3.8) is 0 Å². The molecule has 3 rings (SSSR count). The van der Waals surface area contributed by atoms with E-state index >= 15 is 0 Å². The van der Waals surface area contributed by atoms with E-state index in [4.69, 9.17) is 21.6 Å². The van der Waals surface area contributed by atoms with Gasteiger partial charge in [-0.25, -0.2) is 4.79 Å². The highest BCUT2D eigenvalue weighted by molar-refractivity contribution is 6.33. The van der Waals surface area contributed by atoms with Crippen LogP contribution in [0.2, 0.25) is 5.02 Å². The molecule has 0 atom stereocenters. The normalized spacial score (nSPS) is 11.3. The van der Waals surface area contributed by atoms with Gasteiger partial charge in [-0.05, 0) is 41.3 Å². The first-order chi connectivity index (χ1) is 13.2. The fourth-order valence-electron chi connectivity index (χ4n) is 2.76. The Hall–Kier alpha value is -3.04. The highest BCUT2D eigenvalue weighted by Gasteiger charge is 2.20. The van der Waals surface area contributed by atoms with Crippen LogP contribution in [0.25, 0.3) is 22.0 Å². The first kappa shape index (κ1) is 19.7. The number of ether oxygens (including phenoxy) is 1. The van der Waals surface area contributed by atoms with Crippen molar-refractivity contribution in [2.75, 3.05) is 19.0 Å². The smallest absolute Gasteiger partial charge is 0.435 e. The van der Waals surface area contributed by atoms with Gasteiger partial charge in [0, 0.05) is 23.0 Å². The van der Waals surface area contributed by atoms with Gasteiger partial charge in [0.1, 0.15) is 0 Å². The topological polar surface area (TPSA) is 79.9 Å². The van der Waals surface area contributed by atoms with Crippen LogP contribution in [0, 0.1) is 16.7 Å². The van der Waals surface area contributed by atoms with E-state index in [9.17, 15) is 4.79 Å². The molecule has 0 aliphatic rings. The van der Waals surface area contributed by atoms with Crippen molar-refractivity contribution in [3.8, 4) is 17.2 Å². The number of nitrogens with one attached hydrogen (secondary N) is 1. The average Bonchev–Trinajstić information content (AvgIpc) is 3.04. The van der Waals surface area contributed by atoms with Gasteiger partial charge in [-0.2, -0.15) is 9.94 Å². The number of hydrogen-bond acceptors (Lipinski definition) is 5. The lowest BCUT2D eigenvalue weighted by atomic mass is 9.99. The van der Waals surface area contributed by atoms with Gasteiger partial charge < -0.3 is 10.1 Å². The summed E-state index contributed by atoms with van der Waals surface area (Å²) in [6.45, 7) is 6.26. The standard InChI is InChI=1S/C21H21ClN4O2/c1-21(2,3)12-28-20(27)26-18-8-6-14(10-16(18)19(24-4)25-26)15-9-13(11-23)5-7-17(15)22/h5-10H,12H2,1-4H3,(H,24,25). The van der Waals surface area contributed by atoms with Crippen LogP contribution in [0.1, 0.15) is 26.3 Å². The second-order valence-corrected chi connectivity index (χ2v) is 8.07. The van der Waals surface area contributed by atoms with Crippen molar-refractivity contribution in [2.24, 2.45) is 5.41 Å². The van der Waals surface area contributed by atoms with Gasteiger partial charge in [-0.1, -0.05) is 38.4 Å². The molecular weight excluding hydrogens is 376 g/mol. The van der Waals surface area contributed by atoms with E-state index < -0.39 is 6.09 Å². The third-order valence-electron chi connectivity index (χ3n) is 4.12. The molecule has 2 aromatic carbocycles. The summed E-state index contributed by atoms with van der Waals surface area (Å²) in [7, 11) is 1.74. The van der Waals surface area contributed by atoms with Gasteiger partial charge >= 0.3 is 6.09 Å². The summed E-state index contributed by atoms with van der Waals surface area (Å²) in [5.74, 6) is 0.553. The van der Waals surface area contributed by atoms with Gasteiger partial charge in [-0.15, -0.1) is 5.10 Å². The van der Waals surface area contributed by atoms with Crippen LogP contribution in [0.15, 0.2) is 36.4 Å². The van der Waals surface area contributed by atoms with E-state index in [0.29, 0.717) is 21.9 Å². The van der Waals surface area contributed by atoms with E-state index in [1.165, 1.54) is 4.68 Å². The Morgan fingerprint density at radius 2 is 2.04 bits per heavy atom. The predicted molar refractivity (Wildman–Crippen MR) is 111 cm³/mol. The molecule has 0 saturated carbocycles. The molecule has 0 saturated heterocycles. The van der Waals surface area contributed by atoms with E-state index in [0.717, 1.165) is 16.5 Å². The Balaban J connectivity index is 2.06. The lowest BCUT2D eigenvalue weighted by molar-refractivity contribution is 0.106. The molecule has 0 unspecified atom stereocenters.